The van der Waals surface area contributed by atoms with Crippen molar-refractivity contribution < 1.29 is 9.13 Å². The average molecular weight is 260 g/mol. The lowest BCUT2D eigenvalue weighted by molar-refractivity contribution is 0.327. The molecule has 100 valence electrons. The minimum absolute atomic E-state index is 0.205. The number of nitrogens with one attached hydrogen (secondary N) is 1. The SMILES string of the molecule is CCOc1ccc(NCc2ccc(F)cc2C)cn1. The van der Waals surface area contributed by atoms with E-state index in [4.69, 9.17) is 4.74 Å². The number of hydrogen-bond donors (Lipinski definition) is 1. The number of rotatable bonds is 5. The van der Waals surface area contributed by atoms with E-state index in [1.165, 1.54) is 12.1 Å². The van der Waals surface area contributed by atoms with Gasteiger partial charge in [-0.05, 0) is 43.2 Å². The summed E-state index contributed by atoms with van der Waals surface area (Å²) in [6.45, 7) is 5.07. The first-order valence-electron chi connectivity index (χ1n) is 6.27. The molecule has 1 N–H and O–H groups in total. The molecule has 1 aromatic carbocycles. The Labute approximate surface area is 112 Å². The molecular weight excluding hydrogens is 243 g/mol. The highest BCUT2D eigenvalue weighted by Gasteiger charge is 2.01. The van der Waals surface area contributed by atoms with Crippen molar-refractivity contribution in [3.63, 3.8) is 0 Å². The van der Waals surface area contributed by atoms with Crippen LogP contribution in [0.2, 0.25) is 0 Å². The molecule has 2 rings (SSSR count). The molecule has 0 radical (unpaired) electrons. The molecular formula is C15H17FN2O. The summed E-state index contributed by atoms with van der Waals surface area (Å²) in [6.07, 6.45) is 1.73. The van der Waals surface area contributed by atoms with Crippen LogP contribution in [-0.2, 0) is 6.54 Å². The maximum atomic E-state index is 13.0. The Balaban J connectivity index is 1.98. The topological polar surface area (TPSA) is 34.1 Å². The number of pyridine rings is 1. The molecule has 2 aromatic rings. The van der Waals surface area contributed by atoms with Gasteiger partial charge < -0.3 is 10.1 Å². The van der Waals surface area contributed by atoms with Crippen molar-refractivity contribution in [3.05, 3.63) is 53.5 Å². The highest BCUT2D eigenvalue weighted by Crippen LogP contribution is 2.15. The molecule has 0 aliphatic carbocycles. The summed E-state index contributed by atoms with van der Waals surface area (Å²) in [4.78, 5) is 4.17. The fourth-order valence-corrected chi connectivity index (χ4v) is 1.77. The van der Waals surface area contributed by atoms with Crippen molar-refractivity contribution in [3.8, 4) is 5.88 Å². The van der Waals surface area contributed by atoms with Crippen LogP contribution >= 0.6 is 0 Å². The third-order valence-electron chi connectivity index (χ3n) is 2.82. The quantitative estimate of drug-likeness (QED) is 0.892. The van der Waals surface area contributed by atoms with Crippen LogP contribution in [0.4, 0.5) is 10.1 Å². The van der Waals surface area contributed by atoms with Crippen molar-refractivity contribution >= 4 is 5.69 Å². The Bertz CT molecular complexity index is 540. The molecule has 0 aliphatic heterocycles. The molecule has 0 saturated carbocycles. The lowest BCUT2D eigenvalue weighted by Gasteiger charge is -2.09. The van der Waals surface area contributed by atoms with Gasteiger partial charge in [0.05, 0.1) is 18.5 Å². The normalized spacial score (nSPS) is 10.3. The van der Waals surface area contributed by atoms with Crippen LogP contribution in [0.1, 0.15) is 18.1 Å². The van der Waals surface area contributed by atoms with E-state index in [-0.39, 0.29) is 5.82 Å². The lowest BCUT2D eigenvalue weighted by Crippen LogP contribution is -2.02. The molecule has 0 amide bonds. The largest absolute Gasteiger partial charge is 0.478 e. The van der Waals surface area contributed by atoms with E-state index in [2.05, 4.69) is 10.3 Å². The zero-order valence-corrected chi connectivity index (χ0v) is 11.1. The third kappa shape index (κ3) is 3.68. The first-order valence-corrected chi connectivity index (χ1v) is 6.27. The number of aryl methyl sites for hydroxylation is 1. The third-order valence-corrected chi connectivity index (χ3v) is 2.82. The Morgan fingerprint density at radius 3 is 2.74 bits per heavy atom. The van der Waals surface area contributed by atoms with Crippen molar-refractivity contribution in [1.29, 1.82) is 0 Å². The Morgan fingerprint density at radius 1 is 1.26 bits per heavy atom. The zero-order chi connectivity index (χ0) is 13.7. The van der Waals surface area contributed by atoms with Crippen LogP contribution in [0.3, 0.4) is 0 Å². The van der Waals surface area contributed by atoms with Crippen LogP contribution in [0, 0.1) is 12.7 Å². The number of ether oxygens (including phenoxy) is 1. The summed E-state index contributed by atoms with van der Waals surface area (Å²) in [5.41, 5.74) is 2.91. The summed E-state index contributed by atoms with van der Waals surface area (Å²) in [6, 6.07) is 8.54. The van der Waals surface area contributed by atoms with E-state index in [1.807, 2.05) is 26.0 Å². The van der Waals surface area contributed by atoms with Gasteiger partial charge in [0, 0.05) is 12.6 Å². The number of halogens is 1. The van der Waals surface area contributed by atoms with Gasteiger partial charge in [-0.3, -0.25) is 0 Å². The number of anilines is 1. The molecule has 0 spiro atoms. The number of nitrogens with zero attached hydrogens (tertiary/aromatic N) is 1. The minimum atomic E-state index is -0.205. The molecule has 19 heavy (non-hydrogen) atoms. The lowest BCUT2D eigenvalue weighted by atomic mass is 10.1. The van der Waals surface area contributed by atoms with Crippen molar-refractivity contribution in [1.82, 2.24) is 4.98 Å². The maximum absolute atomic E-state index is 13.0. The number of hydrogen-bond acceptors (Lipinski definition) is 3. The summed E-state index contributed by atoms with van der Waals surface area (Å²) in [7, 11) is 0. The summed E-state index contributed by atoms with van der Waals surface area (Å²) < 4.78 is 18.3. The molecule has 0 bridgehead atoms. The van der Waals surface area contributed by atoms with Gasteiger partial charge in [-0.25, -0.2) is 9.37 Å². The minimum Gasteiger partial charge on any atom is -0.478 e. The molecule has 4 heteroatoms. The van der Waals surface area contributed by atoms with E-state index in [1.54, 1.807) is 12.3 Å². The molecule has 0 fully saturated rings. The monoisotopic (exact) mass is 260 g/mol. The molecule has 0 atom stereocenters. The molecule has 1 heterocycles. The van der Waals surface area contributed by atoms with E-state index < -0.39 is 0 Å². The summed E-state index contributed by atoms with van der Waals surface area (Å²) >= 11 is 0. The van der Waals surface area contributed by atoms with E-state index in [0.29, 0.717) is 19.0 Å². The predicted octanol–water partition coefficient (Wildman–Crippen LogP) is 3.54. The van der Waals surface area contributed by atoms with Crippen LogP contribution in [0.15, 0.2) is 36.5 Å². The summed E-state index contributed by atoms with van der Waals surface area (Å²) in [5, 5.41) is 3.25. The van der Waals surface area contributed by atoms with E-state index in [0.717, 1.165) is 16.8 Å². The fraction of sp³-hybridized carbons (Fsp3) is 0.267. The van der Waals surface area contributed by atoms with Gasteiger partial charge >= 0.3 is 0 Å². The molecule has 0 saturated heterocycles. The van der Waals surface area contributed by atoms with Gasteiger partial charge in [0.1, 0.15) is 5.82 Å². The van der Waals surface area contributed by atoms with Crippen molar-refractivity contribution in [2.45, 2.75) is 20.4 Å². The van der Waals surface area contributed by atoms with Crippen molar-refractivity contribution in [2.24, 2.45) is 0 Å². The van der Waals surface area contributed by atoms with Gasteiger partial charge in [0.25, 0.3) is 0 Å². The van der Waals surface area contributed by atoms with Crippen LogP contribution in [0.25, 0.3) is 0 Å². The maximum Gasteiger partial charge on any atom is 0.213 e. The van der Waals surface area contributed by atoms with Gasteiger partial charge in [-0.1, -0.05) is 6.07 Å². The van der Waals surface area contributed by atoms with Gasteiger partial charge in [-0.2, -0.15) is 0 Å². The van der Waals surface area contributed by atoms with E-state index >= 15 is 0 Å². The van der Waals surface area contributed by atoms with Gasteiger partial charge in [0.2, 0.25) is 5.88 Å². The Hall–Kier alpha value is -2.10. The second-order valence-electron chi connectivity index (χ2n) is 4.24. The fourth-order valence-electron chi connectivity index (χ4n) is 1.77. The molecule has 0 unspecified atom stereocenters. The first-order chi connectivity index (χ1) is 9.19. The van der Waals surface area contributed by atoms with E-state index in [9.17, 15) is 4.39 Å². The van der Waals surface area contributed by atoms with Crippen LogP contribution in [-0.4, -0.2) is 11.6 Å². The average Bonchev–Trinajstić information content (AvgIpc) is 2.40. The highest BCUT2D eigenvalue weighted by molar-refractivity contribution is 5.43. The van der Waals surface area contributed by atoms with Gasteiger partial charge in [-0.15, -0.1) is 0 Å². The predicted molar refractivity (Wildman–Crippen MR) is 73.9 cm³/mol. The molecule has 1 aromatic heterocycles. The smallest absolute Gasteiger partial charge is 0.213 e. The second-order valence-corrected chi connectivity index (χ2v) is 4.24. The second kappa shape index (κ2) is 6.18. The zero-order valence-electron chi connectivity index (χ0n) is 11.1. The number of aromatic nitrogens is 1. The van der Waals surface area contributed by atoms with Crippen LogP contribution in [0.5, 0.6) is 5.88 Å². The molecule has 3 nitrogen and oxygen atoms in total. The van der Waals surface area contributed by atoms with Gasteiger partial charge in [0.15, 0.2) is 0 Å². The number of benzene rings is 1. The van der Waals surface area contributed by atoms with Crippen LogP contribution < -0.4 is 10.1 Å². The molecule has 0 aliphatic rings. The first kappa shape index (κ1) is 13.3. The standard InChI is InChI=1S/C15H17FN2O/c1-3-19-15-7-6-14(10-18-15)17-9-12-4-5-13(16)8-11(12)2/h4-8,10,17H,3,9H2,1-2H3. The summed E-state index contributed by atoms with van der Waals surface area (Å²) in [5.74, 6) is 0.412. The Kier molecular flexibility index (Phi) is 4.34. The van der Waals surface area contributed by atoms with Crippen molar-refractivity contribution in [2.75, 3.05) is 11.9 Å². The highest BCUT2D eigenvalue weighted by atomic mass is 19.1. The Morgan fingerprint density at radius 2 is 2.11 bits per heavy atom.